The molecule has 0 aromatic heterocycles. The summed E-state index contributed by atoms with van der Waals surface area (Å²) in [5.74, 6) is -0.391. The summed E-state index contributed by atoms with van der Waals surface area (Å²) in [6, 6.07) is 4.63. The van der Waals surface area contributed by atoms with Crippen molar-refractivity contribution in [3.63, 3.8) is 0 Å². The molecule has 4 heteroatoms. The van der Waals surface area contributed by atoms with E-state index >= 15 is 0 Å². The molecule has 0 saturated heterocycles. The van der Waals surface area contributed by atoms with Crippen LogP contribution in [0.2, 0.25) is 5.02 Å². The van der Waals surface area contributed by atoms with Crippen LogP contribution in [-0.4, -0.2) is 0 Å². The smallest absolute Gasteiger partial charge is 0.141 e. The predicted molar refractivity (Wildman–Crippen MR) is 65.1 cm³/mol. The fourth-order valence-electron chi connectivity index (χ4n) is 1.33. The van der Waals surface area contributed by atoms with Crippen molar-refractivity contribution in [2.75, 3.05) is 0 Å². The topological polar surface area (TPSA) is 26.0 Å². The molecule has 1 aromatic rings. The van der Waals surface area contributed by atoms with Gasteiger partial charge < -0.3 is 5.73 Å². The lowest BCUT2D eigenvalue weighted by molar-refractivity contribution is 0.597. The van der Waals surface area contributed by atoms with E-state index in [1.807, 2.05) is 0 Å². The fraction of sp³-hybridized carbons (Fsp3) is 0.455. The average molecular weight is 252 g/mol. The standard InChI is InChI=1S/C11H15ClFN.ClH/c1-2-3-4-11(14)8-5-6-10(13)9(12)7-8;/h5-7,11H,2-4,14H2,1H3;1H/t11-;/m0./s1. The number of rotatable bonds is 4. The average Bonchev–Trinajstić information content (AvgIpc) is 2.18. The molecule has 1 nitrogen and oxygen atoms in total. The maximum atomic E-state index is 12.8. The number of hydrogen-bond acceptors (Lipinski definition) is 1. The summed E-state index contributed by atoms with van der Waals surface area (Å²) in [5, 5.41) is 0.148. The van der Waals surface area contributed by atoms with E-state index in [0.29, 0.717) is 0 Å². The second kappa shape index (κ2) is 7.04. The van der Waals surface area contributed by atoms with Crippen LogP contribution >= 0.6 is 24.0 Å². The summed E-state index contributed by atoms with van der Waals surface area (Å²) >= 11 is 5.66. The van der Waals surface area contributed by atoms with E-state index in [1.54, 1.807) is 12.1 Å². The first kappa shape index (κ1) is 14.7. The van der Waals surface area contributed by atoms with Crippen molar-refractivity contribution in [1.82, 2.24) is 0 Å². The maximum Gasteiger partial charge on any atom is 0.141 e. The highest BCUT2D eigenvalue weighted by atomic mass is 35.5. The minimum Gasteiger partial charge on any atom is -0.324 e. The van der Waals surface area contributed by atoms with Crippen LogP contribution in [0.4, 0.5) is 4.39 Å². The number of benzene rings is 1. The van der Waals surface area contributed by atoms with E-state index in [4.69, 9.17) is 17.3 Å². The Morgan fingerprint density at radius 3 is 2.67 bits per heavy atom. The van der Waals surface area contributed by atoms with Gasteiger partial charge in [0.25, 0.3) is 0 Å². The summed E-state index contributed by atoms with van der Waals surface area (Å²) in [5.41, 5.74) is 6.83. The molecule has 0 unspecified atom stereocenters. The Morgan fingerprint density at radius 1 is 1.47 bits per heavy atom. The Labute approximate surface area is 101 Å². The van der Waals surface area contributed by atoms with Crippen LogP contribution in [0.5, 0.6) is 0 Å². The van der Waals surface area contributed by atoms with E-state index in [2.05, 4.69) is 6.92 Å². The first-order chi connectivity index (χ1) is 6.65. The van der Waals surface area contributed by atoms with E-state index < -0.39 is 5.82 Å². The zero-order chi connectivity index (χ0) is 10.6. The minimum atomic E-state index is -0.391. The molecule has 0 amide bonds. The Kier molecular flexibility index (Phi) is 6.90. The Morgan fingerprint density at radius 2 is 2.13 bits per heavy atom. The van der Waals surface area contributed by atoms with Gasteiger partial charge in [0.15, 0.2) is 0 Å². The Bertz CT molecular complexity index is 305. The first-order valence-corrected chi connectivity index (χ1v) is 5.23. The summed E-state index contributed by atoms with van der Waals surface area (Å²) in [7, 11) is 0. The van der Waals surface area contributed by atoms with Crippen LogP contribution in [0.25, 0.3) is 0 Å². The quantitative estimate of drug-likeness (QED) is 0.858. The molecule has 15 heavy (non-hydrogen) atoms. The van der Waals surface area contributed by atoms with Crippen LogP contribution in [-0.2, 0) is 0 Å². The van der Waals surface area contributed by atoms with E-state index in [9.17, 15) is 4.39 Å². The highest BCUT2D eigenvalue weighted by Crippen LogP contribution is 2.22. The molecule has 0 spiro atoms. The highest BCUT2D eigenvalue weighted by Gasteiger charge is 2.07. The molecule has 0 aliphatic heterocycles. The molecule has 0 saturated carbocycles. The molecule has 1 rings (SSSR count). The summed E-state index contributed by atoms with van der Waals surface area (Å²) < 4.78 is 12.8. The van der Waals surface area contributed by atoms with Crippen LogP contribution < -0.4 is 5.73 Å². The lowest BCUT2D eigenvalue weighted by Crippen LogP contribution is -2.10. The molecule has 0 aliphatic carbocycles. The molecular formula is C11H16Cl2FN. The van der Waals surface area contributed by atoms with Gasteiger partial charge in [-0.05, 0) is 24.1 Å². The largest absolute Gasteiger partial charge is 0.324 e. The molecule has 1 aromatic carbocycles. The number of halogens is 3. The second-order valence-corrected chi connectivity index (χ2v) is 3.83. The number of nitrogens with two attached hydrogens (primary N) is 1. The summed E-state index contributed by atoms with van der Waals surface area (Å²) in [6.45, 7) is 2.12. The van der Waals surface area contributed by atoms with E-state index in [-0.39, 0.29) is 23.5 Å². The van der Waals surface area contributed by atoms with Crippen molar-refractivity contribution in [2.45, 2.75) is 32.2 Å². The third-order valence-corrected chi connectivity index (χ3v) is 2.53. The molecule has 86 valence electrons. The zero-order valence-corrected chi connectivity index (χ0v) is 10.2. The molecule has 0 fully saturated rings. The molecule has 2 N–H and O–H groups in total. The zero-order valence-electron chi connectivity index (χ0n) is 8.67. The summed E-state index contributed by atoms with van der Waals surface area (Å²) in [6.07, 6.45) is 3.11. The van der Waals surface area contributed by atoms with Crippen LogP contribution in [0.15, 0.2) is 18.2 Å². The highest BCUT2D eigenvalue weighted by molar-refractivity contribution is 6.30. The maximum absolute atomic E-state index is 12.8. The molecule has 0 heterocycles. The third kappa shape index (κ3) is 4.37. The first-order valence-electron chi connectivity index (χ1n) is 4.85. The molecule has 1 atom stereocenters. The Balaban J connectivity index is 0.00000196. The van der Waals surface area contributed by atoms with Crippen LogP contribution in [0.3, 0.4) is 0 Å². The normalized spacial score (nSPS) is 12.0. The molecular weight excluding hydrogens is 236 g/mol. The van der Waals surface area contributed by atoms with Gasteiger partial charge in [0.05, 0.1) is 5.02 Å². The molecule has 0 aliphatic rings. The molecule has 0 bridgehead atoms. The monoisotopic (exact) mass is 251 g/mol. The van der Waals surface area contributed by atoms with Gasteiger partial charge in [-0.15, -0.1) is 12.4 Å². The number of hydrogen-bond donors (Lipinski definition) is 1. The van der Waals surface area contributed by atoms with Gasteiger partial charge in [0.2, 0.25) is 0 Å². The van der Waals surface area contributed by atoms with Gasteiger partial charge in [0.1, 0.15) is 5.82 Å². The van der Waals surface area contributed by atoms with Gasteiger partial charge in [-0.25, -0.2) is 4.39 Å². The fourth-order valence-corrected chi connectivity index (χ4v) is 1.52. The van der Waals surface area contributed by atoms with Crippen LogP contribution in [0.1, 0.15) is 37.8 Å². The molecule has 0 radical (unpaired) electrons. The Hall–Kier alpha value is -0.310. The van der Waals surface area contributed by atoms with Gasteiger partial charge in [0, 0.05) is 6.04 Å². The van der Waals surface area contributed by atoms with Gasteiger partial charge in [-0.2, -0.15) is 0 Å². The van der Waals surface area contributed by atoms with E-state index in [0.717, 1.165) is 24.8 Å². The minimum absolute atomic E-state index is 0. The van der Waals surface area contributed by atoms with Crippen molar-refractivity contribution in [1.29, 1.82) is 0 Å². The van der Waals surface area contributed by atoms with Crippen molar-refractivity contribution >= 4 is 24.0 Å². The van der Waals surface area contributed by atoms with E-state index in [1.165, 1.54) is 6.07 Å². The lowest BCUT2D eigenvalue weighted by atomic mass is 10.0. The number of unbranched alkanes of at least 4 members (excludes halogenated alkanes) is 1. The van der Waals surface area contributed by atoms with Gasteiger partial charge in [-0.1, -0.05) is 37.4 Å². The van der Waals surface area contributed by atoms with Crippen molar-refractivity contribution < 1.29 is 4.39 Å². The van der Waals surface area contributed by atoms with Crippen molar-refractivity contribution in [3.05, 3.63) is 34.6 Å². The van der Waals surface area contributed by atoms with Gasteiger partial charge in [-0.3, -0.25) is 0 Å². The second-order valence-electron chi connectivity index (χ2n) is 3.42. The summed E-state index contributed by atoms with van der Waals surface area (Å²) in [4.78, 5) is 0. The van der Waals surface area contributed by atoms with Crippen LogP contribution in [0, 0.1) is 5.82 Å². The SMILES string of the molecule is CCCC[C@H](N)c1ccc(F)c(Cl)c1.Cl. The third-order valence-electron chi connectivity index (χ3n) is 2.24. The van der Waals surface area contributed by atoms with Crippen molar-refractivity contribution in [3.8, 4) is 0 Å². The van der Waals surface area contributed by atoms with Crippen molar-refractivity contribution in [2.24, 2.45) is 5.73 Å². The lowest BCUT2D eigenvalue weighted by Gasteiger charge is -2.11. The van der Waals surface area contributed by atoms with Gasteiger partial charge >= 0.3 is 0 Å². The predicted octanol–water partition coefficient (Wildman–Crippen LogP) is 4.09.